The molecule has 4 aliphatic rings. The highest BCUT2D eigenvalue weighted by Gasteiger charge is 2.61. The van der Waals surface area contributed by atoms with Gasteiger partial charge in [0.05, 0.1) is 31.8 Å². The second-order valence-electron chi connectivity index (χ2n) is 9.14. The van der Waals surface area contributed by atoms with Crippen molar-refractivity contribution in [1.82, 2.24) is 0 Å². The number of nitrogens with two attached hydrogens (primary N) is 1. The lowest BCUT2D eigenvalue weighted by molar-refractivity contribution is -0.153. The van der Waals surface area contributed by atoms with Gasteiger partial charge in [-0.2, -0.15) is 0 Å². The summed E-state index contributed by atoms with van der Waals surface area (Å²) in [6.07, 6.45) is 5.25. The lowest BCUT2D eigenvalue weighted by Gasteiger charge is -2.51. The van der Waals surface area contributed by atoms with Crippen molar-refractivity contribution < 1.29 is 24.1 Å². The number of rotatable bonds is 3. The Balaban J connectivity index is 1.80. The Morgan fingerprint density at radius 1 is 1.32 bits per heavy atom. The van der Waals surface area contributed by atoms with Gasteiger partial charge in [-0.1, -0.05) is 25.5 Å². The van der Waals surface area contributed by atoms with Gasteiger partial charge in [0, 0.05) is 11.5 Å². The lowest BCUT2D eigenvalue weighted by Crippen LogP contribution is -2.60. The van der Waals surface area contributed by atoms with Crippen molar-refractivity contribution in [1.29, 1.82) is 0 Å². The van der Waals surface area contributed by atoms with Gasteiger partial charge in [0.2, 0.25) is 0 Å². The van der Waals surface area contributed by atoms with Gasteiger partial charge >= 0.3 is 5.97 Å². The van der Waals surface area contributed by atoms with Gasteiger partial charge < -0.3 is 25.1 Å². The Hall–Kier alpha value is -1.21. The van der Waals surface area contributed by atoms with E-state index in [0.29, 0.717) is 38.4 Å². The highest BCUT2D eigenvalue weighted by Crippen LogP contribution is 2.60. The van der Waals surface area contributed by atoms with Crippen molar-refractivity contribution in [2.24, 2.45) is 23.0 Å². The highest BCUT2D eigenvalue weighted by atomic mass is 16.7. The van der Waals surface area contributed by atoms with E-state index in [2.05, 4.69) is 19.9 Å². The van der Waals surface area contributed by atoms with E-state index < -0.39 is 17.1 Å². The summed E-state index contributed by atoms with van der Waals surface area (Å²) in [7, 11) is 1.46. The van der Waals surface area contributed by atoms with E-state index in [4.69, 9.17) is 19.9 Å². The fraction of sp³-hybridized carbons (Fsp3) is 0.773. The Morgan fingerprint density at radius 3 is 2.68 bits per heavy atom. The molecule has 0 aromatic heterocycles. The molecule has 4 rings (SSSR count). The highest BCUT2D eigenvalue weighted by molar-refractivity contribution is 5.83. The minimum Gasteiger partial charge on any atom is -0.468 e. The minimum atomic E-state index is -0.748. The summed E-state index contributed by atoms with van der Waals surface area (Å²) < 4.78 is 16.6. The average Bonchev–Trinajstić information content (AvgIpc) is 3.31. The number of methoxy groups -OCH3 is 1. The first-order valence-corrected chi connectivity index (χ1v) is 10.5. The van der Waals surface area contributed by atoms with Crippen molar-refractivity contribution >= 4 is 5.97 Å². The molecule has 1 heterocycles. The molecular weight excluding hydrogens is 358 g/mol. The molecule has 4 unspecified atom stereocenters. The molecule has 6 nitrogen and oxygen atoms in total. The van der Waals surface area contributed by atoms with Crippen LogP contribution < -0.4 is 5.73 Å². The van der Waals surface area contributed by atoms with Gasteiger partial charge in [-0.05, 0) is 55.6 Å². The summed E-state index contributed by atoms with van der Waals surface area (Å²) in [5.74, 6) is 0.0418. The third-order valence-electron chi connectivity index (χ3n) is 7.44. The van der Waals surface area contributed by atoms with Gasteiger partial charge in [-0.15, -0.1) is 0 Å². The van der Waals surface area contributed by atoms with E-state index in [-0.39, 0.29) is 18.2 Å². The molecule has 1 aliphatic heterocycles. The monoisotopic (exact) mass is 391 g/mol. The molecule has 3 aliphatic carbocycles. The summed E-state index contributed by atoms with van der Waals surface area (Å²) in [6.45, 7) is 5.47. The summed E-state index contributed by atoms with van der Waals surface area (Å²) in [5.41, 5.74) is 9.05. The Bertz CT molecular complexity index is 708. The molecule has 1 saturated carbocycles. The quantitative estimate of drug-likeness (QED) is 0.567. The molecule has 0 amide bonds. The van der Waals surface area contributed by atoms with Crippen LogP contribution >= 0.6 is 0 Å². The zero-order chi connectivity index (χ0) is 20.1. The van der Waals surface area contributed by atoms with Crippen molar-refractivity contribution in [3.63, 3.8) is 0 Å². The molecular formula is C22H33NO5. The van der Waals surface area contributed by atoms with Gasteiger partial charge in [0.1, 0.15) is 0 Å². The summed E-state index contributed by atoms with van der Waals surface area (Å²) in [4.78, 5) is 13.0. The second kappa shape index (κ2) is 7.24. The average molecular weight is 392 g/mol. The zero-order valence-corrected chi connectivity index (χ0v) is 17.2. The molecule has 28 heavy (non-hydrogen) atoms. The first kappa shape index (κ1) is 20.1. The molecule has 0 bridgehead atoms. The number of carbonyl (C=O) groups excluding carboxylic acids is 1. The van der Waals surface area contributed by atoms with Crippen LogP contribution in [-0.4, -0.2) is 49.3 Å². The second-order valence-corrected chi connectivity index (χ2v) is 9.14. The van der Waals surface area contributed by atoms with Gasteiger partial charge in [0.25, 0.3) is 0 Å². The molecule has 156 valence electrons. The molecule has 2 fully saturated rings. The van der Waals surface area contributed by atoms with Crippen molar-refractivity contribution in [2.75, 3.05) is 20.3 Å². The molecule has 4 atom stereocenters. The smallest absolute Gasteiger partial charge is 0.316 e. The normalized spacial score (nSPS) is 38.9. The largest absolute Gasteiger partial charge is 0.468 e. The SMILES string of the molecule is COC(=O)C12CCC(C(C)C)=C1C1(N)CC=C(C3OCCO3)CC(O)C1CC2. The predicted molar refractivity (Wildman–Crippen MR) is 104 cm³/mol. The fourth-order valence-electron chi connectivity index (χ4n) is 6.14. The van der Waals surface area contributed by atoms with Crippen LogP contribution in [0.4, 0.5) is 0 Å². The number of hydrogen-bond acceptors (Lipinski definition) is 6. The van der Waals surface area contributed by atoms with E-state index in [1.54, 1.807) is 0 Å². The van der Waals surface area contributed by atoms with E-state index in [0.717, 1.165) is 30.4 Å². The number of esters is 1. The molecule has 0 aromatic rings. The molecule has 3 N–H and O–H groups in total. The zero-order valence-electron chi connectivity index (χ0n) is 17.2. The predicted octanol–water partition coefficient (Wildman–Crippen LogP) is 2.45. The van der Waals surface area contributed by atoms with Crippen LogP contribution in [0.15, 0.2) is 22.8 Å². The topological polar surface area (TPSA) is 91.0 Å². The Kier molecular flexibility index (Phi) is 5.19. The van der Waals surface area contributed by atoms with Gasteiger partial charge in [-0.25, -0.2) is 0 Å². The lowest BCUT2D eigenvalue weighted by atomic mass is 9.56. The van der Waals surface area contributed by atoms with Crippen LogP contribution in [-0.2, 0) is 19.0 Å². The summed E-state index contributed by atoms with van der Waals surface area (Å²) in [5, 5.41) is 11.1. The standard InChI is InChI=1S/C22H33NO5/c1-13(2)15-5-7-21(20(25)26-3)8-6-16-17(24)12-14(19-27-10-11-28-19)4-9-22(16,23)18(15)21/h4,13,16-17,19,24H,5-12,23H2,1-3H3. The Morgan fingerprint density at radius 2 is 2.04 bits per heavy atom. The van der Waals surface area contributed by atoms with Gasteiger partial charge in [-0.3, -0.25) is 4.79 Å². The molecule has 0 spiro atoms. The molecule has 1 saturated heterocycles. The number of allylic oxidation sites excluding steroid dienone is 1. The number of fused-ring (bicyclic) bond motifs is 3. The summed E-state index contributed by atoms with van der Waals surface area (Å²) >= 11 is 0. The first-order chi connectivity index (χ1) is 13.3. The fourth-order valence-corrected chi connectivity index (χ4v) is 6.14. The van der Waals surface area contributed by atoms with Crippen molar-refractivity contribution in [3.8, 4) is 0 Å². The van der Waals surface area contributed by atoms with Crippen molar-refractivity contribution in [3.05, 3.63) is 22.8 Å². The van der Waals surface area contributed by atoms with E-state index in [9.17, 15) is 9.90 Å². The minimum absolute atomic E-state index is 0.0951. The molecule has 6 heteroatoms. The maximum absolute atomic E-state index is 13.0. The number of ether oxygens (including phenoxy) is 3. The Labute approximate surface area is 167 Å². The van der Waals surface area contributed by atoms with Crippen LogP contribution in [0.25, 0.3) is 0 Å². The number of carbonyl (C=O) groups is 1. The van der Waals surface area contributed by atoms with Crippen LogP contribution in [0, 0.1) is 17.3 Å². The third kappa shape index (κ3) is 2.88. The first-order valence-electron chi connectivity index (χ1n) is 10.5. The number of hydrogen-bond donors (Lipinski definition) is 2. The number of aliphatic hydroxyl groups is 1. The van der Waals surface area contributed by atoms with Crippen LogP contribution in [0.2, 0.25) is 0 Å². The van der Waals surface area contributed by atoms with Crippen LogP contribution in [0.5, 0.6) is 0 Å². The van der Waals surface area contributed by atoms with E-state index in [1.807, 2.05) is 0 Å². The molecule has 0 aromatic carbocycles. The van der Waals surface area contributed by atoms with Crippen molar-refractivity contribution in [2.45, 2.75) is 70.3 Å². The van der Waals surface area contributed by atoms with Crippen LogP contribution in [0.3, 0.4) is 0 Å². The van der Waals surface area contributed by atoms with Gasteiger partial charge in [0.15, 0.2) is 6.29 Å². The molecule has 0 radical (unpaired) electrons. The van der Waals surface area contributed by atoms with E-state index in [1.165, 1.54) is 12.7 Å². The summed E-state index contributed by atoms with van der Waals surface area (Å²) in [6, 6.07) is 0. The number of aliphatic hydroxyl groups excluding tert-OH is 1. The van der Waals surface area contributed by atoms with E-state index >= 15 is 0 Å². The van der Waals surface area contributed by atoms with Crippen LogP contribution in [0.1, 0.15) is 52.4 Å². The third-order valence-corrected chi connectivity index (χ3v) is 7.44. The maximum atomic E-state index is 13.0. The maximum Gasteiger partial charge on any atom is 0.316 e.